The van der Waals surface area contributed by atoms with Gasteiger partial charge in [0.05, 0.1) is 0 Å². The lowest BCUT2D eigenvalue weighted by Crippen LogP contribution is -2.51. The van der Waals surface area contributed by atoms with Gasteiger partial charge >= 0.3 is 5.97 Å². The van der Waals surface area contributed by atoms with E-state index in [-0.39, 0.29) is 5.69 Å². The smallest absolute Gasteiger partial charge is 0.357 e. The number of nitrogens with zero attached hydrogens (tertiary/aromatic N) is 3. The Morgan fingerprint density at radius 3 is 3.00 bits per heavy atom. The van der Waals surface area contributed by atoms with Crippen LogP contribution in [0.3, 0.4) is 0 Å². The molecule has 1 N–H and O–H groups in total. The van der Waals surface area contributed by atoms with Crippen LogP contribution in [0.1, 0.15) is 23.8 Å². The molecule has 1 aromatic heterocycles. The third-order valence-electron chi connectivity index (χ3n) is 3.23. The topological polar surface area (TPSA) is 69.8 Å². The number of hydrogen-bond donors (Lipinski definition) is 1. The van der Waals surface area contributed by atoms with E-state index in [1.165, 1.54) is 6.26 Å². The molecular weight excluding hydrogens is 222 g/mol. The number of piperazine rings is 1. The Morgan fingerprint density at radius 1 is 1.65 bits per heavy atom. The van der Waals surface area contributed by atoms with E-state index in [2.05, 4.69) is 23.9 Å². The van der Waals surface area contributed by atoms with Crippen LogP contribution < -0.4 is 4.90 Å². The van der Waals surface area contributed by atoms with Gasteiger partial charge in [0.15, 0.2) is 5.69 Å². The lowest BCUT2D eigenvalue weighted by Gasteiger charge is -2.38. The summed E-state index contributed by atoms with van der Waals surface area (Å²) in [4.78, 5) is 19.0. The van der Waals surface area contributed by atoms with Gasteiger partial charge in [-0.3, -0.25) is 4.90 Å². The van der Waals surface area contributed by atoms with Crippen molar-refractivity contribution in [3.8, 4) is 0 Å². The lowest BCUT2D eigenvalue weighted by molar-refractivity contribution is 0.0690. The summed E-state index contributed by atoms with van der Waals surface area (Å²) in [7, 11) is 2.10. The summed E-state index contributed by atoms with van der Waals surface area (Å²) < 4.78 is 5.21. The largest absolute Gasteiger partial charge is 0.476 e. The molecule has 0 amide bonds. The first kappa shape index (κ1) is 11.9. The number of carboxylic acid groups (broad SMARTS) is 1. The van der Waals surface area contributed by atoms with Crippen LogP contribution in [0.4, 0.5) is 6.01 Å². The number of aromatic carboxylic acids is 1. The van der Waals surface area contributed by atoms with Crippen molar-refractivity contribution in [1.29, 1.82) is 0 Å². The van der Waals surface area contributed by atoms with Gasteiger partial charge in [-0.25, -0.2) is 4.79 Å². The first-order valence-electron chi connectivity index (χ1n) is 5.75. The maximum absolute atomic E-state index is 10.7. The van der Waals surface area contributed by atoms with Crippen molar-refractivity contribution in [2.24, 2.45) is 0 Å². The molecule has 6 heteroatoms. The number of oxazole rings is 1. The van der Waals surface area contributed by atoms with E-state index in [1.54, 1.807) is 0 Å². The number of carbonyl (C=O) groups is 1. The number of hydrogen-bond acceptors (Lipinski definition) is 5. The van der Waals surface area contributed by atoms with Crippen molar-refractivity contribution >= 4 is 12.0 Å². The molecule has 1 aromatic rings. The molecule has 0 spiro atoms. The summed E-state index contributed by atoms with van der Waals surface area (Å²) >= 11 is 0. The Bertz CT molecular complexity index is 404. The van der Waals surface area contributed by atoms with Crippen molar-refractivity contribution < 1.29 is 14.3 Å². The van der Waals surface area contributed by atoms with Crippen LogP contribution in [0.25, 0.3) is 0 Å². The Hall–Kier alpha value is -1.56. The van der Waals surface area contributed by atoms with Gasteiger partial charge in [-0.2, -0.15) is 4.98 Å². The van der Waals surface area contributed by atoms with Crippen molar-refractivity contribution in [2.75, 3.05) is 31.6 Å². The SMILES string of the molecule is CCC1CN(c2nc(C(=O)O)co2)CCN1C. The molecule has 2 rings (SSSR count). The van der Waals surface area contributed by atoms with E-state index >= 15 is 0 Å². The molecule has 94 valence electrons. The monoisotopic (exact) mass is 239 g/mol. The highest BCUT2D eigenvalue weighted by Gasteiger charge is 2.26. The van der Waals surface area contributed by atoms with E-state index in [1.807, 2.05) is 4.90 Å². The lowest BCUT2D eigenvalue weighted by atomic mass is 10.1. The highest BCUT2D eigenvalue weighted by Crippen LogP contribution is 2.19. The molecule has 0 bridgehead atoms. The molecule has 1 unspecified atom stereocenters. The van der Waals surface area contributed by atoms with Crippen LogP contribution in [-0.4, -0.2) is 53.7 Å². The fourth-order valence-electron chi connectivity index (χ4n) is 2.07. The molecule has 1 fully saturated rings. The zero-order valence-electron chi connectivity index (χ0n) is 10.1. The first-order valence-corrected chi connectivity index (χ1v) is 5.75. The zero-order valence-corrected chi connectivity index (χ0v) is 10.1. The van der Waals surface area contributed by atoms with Crippen LogP contribution in [0.15, 0.2) is 10.7 Å². The van der Waals surface area contributed by atoms with Crippen LogP contribution in [0, 0.1) is 0 Å². The summed E-state index contributed by atoms with van der Waals surface area (Å²) in [6.07, 6.45) is 2.25. The average Bonchev–Trinajstić information content (AvgIpc) is 2.79. The molecule has 1 saturated heterocycles. The second-order valence-electron chi connectivity index (χ2n) is 4.31. The molecule has 1 aliphatic heterocycles. The third-order valence-corrected chi connectivity index (χ3v) is 3.23. The van der Waals surface area contributed by atoms with Gasteiger partial charge < -0.3 is 14.4 Å². The normalized spacial score (nSPS) is 21.8. The minimum absolute atomic E-state index is 0.0352. The Labute approximate surface area is 99.8 Å². The van der Waals surface area contributed by atoms with Gasteiger partial charge in [0.25, 0.3) is 6.01 Å². The summed E-state index contributed by atoms with van der Waals surface area (Å²) in [5, 5.41) is 8.79. The van der Waals surface area contributed by atoms with E-state index in [4.69, 9.17) is 9.52 Å². The van der Waals surface area contributed by atoms with Crippen molar-refractivity contribution in [3.05, 3.63) is 12.0 Å². The molecule has 6 nitrogen and oxygen atoms in total. The van der Waals surface area contributed by atoms with E-state index in [0.29, 0.717) is 12.1 Å². The molecular formula is C11H17N3O3. The van der Waals surface area contributed by atoms with Crippen molar-refractivity contribution in [2.45, 2.75) is 19.4 Å². The predicted octanol–water partition coefficient (Wildman–Crippen LogP) is 0.903. The number of carboxylic acids is 1. The fourth-order valence-corrected chi connectivity index (χ4v) is 2.07. The fraction of sp³-hybridized carbons (Fsp3) is 0.636. The number of anilines is 1. The van der Waals surface area contributed by atoms with Gasteiger partial charge in [0.1, 0.15) is 6.26 Å². The predicted molar refractivity (Wildman–Crippen MR) is 62.4 cm³/mol. The quantitative estimate of drug-likeness (QED) is 0.845. The number of rotatable bonds is 3. The second kappa shape index (κ2) is 4.75. The van der Waals surface area contributed by atoms with Gasteiger partial charge in [-0.1, -0.05) is 6.92 Å². The molecule has 17 heavy (non-hydrogen) atoms. The van der Waals surface area contributed by atoms with Gasteiger partial charge in [0, 0.05) is 25.7 Å². The van der Waals surface area contributed by atoms with E-state index in [9.17, 15) is 4.79 Å². The standard InChI is InChI=1S/C11H17N3O3/c1-3-8-6-14(5-4-13(8)2)11-12-9(7-17-11)10(15)16/h7-8H,3-6H2,1-2H3,(H,15,16). The van der Waals surface area contributed by atoms with Crippen LogP contribution >= 0.6 is 0 Å². The van der Waals surface area contributed by atoms with E-state index in [0.717, 1.165) is 26.1 Å². The zero-order chi connectivity index (χ0) is 12.4. The molecule has 0 aromatic carbocycles. The van der Waals surface area contributed by atoms with Crippen LogP contribution in [0.2, 0.25) is 0 Å². The summed E-state index contributed by atoms with van der Waals surface area (Å²) in [5.41, 5.74) is -0.0352. The van der Waals surface area contributed by atoms with Gasteiger partial charge in [0.2, 0.25) is 0 Å². The van der Waals surface area contributed by atoms with Gasteiger partial charge in [-0.15, -0.1) is 0 Å². The van der Waals surface area contributed by atoms with Gasteiger partial charge in [-0.05, 0) is 13.5 Å². The molecule has 1 atom stereocenters. The molecule has 0 radical (unpaired) electrons. The van der Waals surface area contributed by atoms with Crippen LogP contribution in [-0.2, 0) is 0 Å². The summed E-state index contributed by atoms with van der Waals surface area (Å²) in [6, 6.07) is 0.873. The molecule has 0 aliphatic carbocycles. The first-order chi connectivity index (χ1) is 8.11. The third kappa shape index (κ3) is 2.41. The minimum atomic E-state index is -1.05. The minimum Gasteiger partial charge on any atom is -0.476 e. The highest BCUT2D eigenvalue weighted by atomic mass is 16.4. The van der Waals surface area contributed by atoms with E-state index < -0.39 is 5.97 Å². The summed E-state index contributed by atoms with van der Waals surface area (Å²) in [5.74, 6) is -1.05. The molecule has 0 saturated carbocycles. The second-order valence-corrected chi connectivity index (χ2v) is 4.31. The number of likely N-dealkylation sites (N-methyl/N-ethyl adjacent to an activating group) is 1. The Kier molecular flexibility index (Phi) is 3.33. The maximum atomic E-state index is 10.7. The number of aromatic nitrogens is 1. The molecule has 1 aliphatic rings. The van der Waals surface area contributed by atoms with Crippen LogP contribution in [0.5, 0.6) is 0 Å². The maximum Gasteiger partial charge on any atom is 0.357 e. The average molecular weight is 239 g/mol. The summed E-state index contributed by atoms with van der Waals surface area (Å²) in [6.45, 7) is 4.71. The van der Waals surface area contributed by atoms with Crippen molar-refractivity contribution in [1.82, 2.24) is 9.88 Å². The molecule has 2 heterocycles. The Balaban J connectivity index is 2.09. The van der Waals surface area contributed by atoms with Crippen molar-refractivity contribution in [3.63, 3.8) is 0 Å². The Morgan fingerprint density at radius 2 is 2.41 bits per heavy atom. The highest BCUT2D eigenvalue weighted by molar-refractivity contribution is 5.85.